The third kappa shape index (κ3) is 5.67. The van der Waals surface area contributed by atoms with Crippen molar-refractivity contribution in [2.24, 2.45) is 18.9 Å². The van der Waals surface area contributed by atoms with Gasteiger partial charge in [0.2, 0.25) is 5.91 Å². The zero-order chi connectivity index (χ0) is 26.6. The van der Waals surface area contributed by atoms with Crippen molar-refractivity contribution in [1.29, 1.82) is 0 Å². The van der Waals surface area contributed by atoms with Crippen LogP contribution in [0, 0.1) is 11.8 Å². The summed E-state index contributed by atoms with van der Waals surface area (Å²) in [5, 5.41) is 21.4. The number of amides is 1. The van der Waals surface area contributed by atoms with Crippen LogP contribution in [0.4, 0.5) is 0 Å². The standard InChI is InChI=1S/C29H35N7O2/c1-19(2)27(18-37)34-29(38)20-7-9-26(10-8-20)36-17-25(15-33-36)23-12-30-28(31-13-23)22-6-4-5-21(11-22)24-14-32-35(3)16-24/h4-6,11-17,19-20,26-27,37H,7-10,18H2,1-3H3,(H,34,38)/t20-,26-,27-/m0/s1. The summed E-state index contributed by atoms with van der Waals surface area (Å²) < 4.78 is 3.80. The number of aliphatic hydroxyl groups excluding tert-OH is 1. The van der Waals surface area contributed by atoms with E-state index in [1.807, 2.05) is 74.9 Å². The summed E-state index contributed by atoms with van der Waals surface area (Å²) in [6.07, 6.45) is 14.9. The molecular weight excluding hydrogens is 478 g/mol. The number of benzene rings is 1. The average Bonchev–Trinajstić information content (AvgIpc) is 3.61. The molecule has 0 spiro atoms. The Hall–Kier alpha value is -3.85. The molecule has 4 aromatic rings. The fourth-order valence-corrected chi connectivity index (χ4v) is 5.05. The van der Waals surface area contributed by atoms with Crippen LogP contribution in [0.3, 0.4) is 0 Å². The zero-order valence-electron chi connectivity index (χ0n) is 22.2. The van der Waals surface area contributed by atoms with Gasteiger partial charge in [-0.1, -0.05) is 32.0 Å². The van der Waals surface area contributed by atoms with E-state index in [2.05, 4.69) is 37.6 Å². The number of rotatable bonds is 8. The smallest absolute Gasteiger partial charge is 0.223 e. The molecule has 3 aromatic heterocycles. The van der Waals surface area contributed by atoms with E-state index in [1.54, 1.807) is 4.68 Å². The summed E-state index contributed by atoms with van der Waals surface area (Å²) in [6.45, 7) is 3.98. The summed E-state index contributed by atoms with van der Waals surface area (Å²) in [5.74, 6) is 0.925. The second-order valence-corrected chi connectivity index (χ2v) is 10.5. The summed E-state index contributed by atoms with van der Waals surface area (Å²) in [5.41, 5.74) is 4.97. The zero-order valence-corrected chi connectivity index (χ0v) is 22.2. The topological polar surface area (TPSA) is 111 Å². The van der Waals surface area contributed by atoms with Crippen molar-refractivity contribution in [3.63, 3.8) is 0 Å². The SMILES string of the molecule is CC(C)[C@H](CO)NC(=O)[C@H]1CC[C@H](n2cc(-c3cnc(-c4cccc(-c5cnn(C)c5)c4)nc3)cn2)CC1. The molecule has 1 saturated carbocycles. The van der Waals surface area contributed by atoms with Gasteiger partial charge >= 0.3 is 0 Å². The Balaban J connectivity index is 1.21. The maximum Gasteiger partial charge on any atom is 0.223 e. The van der Waals surface area contributed by atoms with E-state index < -0.39 is 0 Å². The van der Waals surface area contributed by atoms with E-state index in [0.717, 1.165) is 53.5 Å². The van der Waals surface area contributed by atoms with Gasteiger partial charge in [0.05, 0.1) is 31.1 Å². The number of aryl methyl sites for hydroxylation is 1. The molecule has 0 radical (unpaired) electrons. The molecule has 0 saturated heterocycles. The number of nitrogens with zero attached hydrogens (tertiary/aromatic N) is 6. The Labute approximate surface area is 223 Å². The second-order valence-electron chi connectivity index (χ2n) is 10.5. The van der Waals surface area contributed by atoms with Crippen LogP contribution in [-0.2, 0) is 11.8 Å². The lowest BCUT2D eigenvalue weighted by molar-refractivity contribution is -0.127. The minimum absolute atomic E-state index is 0.00770. The van der Waals surface area contributed by atoms with Crippen LogP contribution >= 0.6 is 0 Å². The highest BCUT2D eigenvalue weighted by Gasteiger charge is 2.29. The van der Waals surface area contributed by atoms with Crippen molar-refractivity contribution in [2.45, 2.75) is 51.6 Å². The molecule has 1 aliphatic carbocycles. The van der Waals surface area contributed by atoms with Gasteiger partial charge in [-0.25, -0.2) is 9.97 Å². The fraction of sp³-hybridized carbons (Fsp3) is 0.414. The number of aliphatic hydroxyl groups is 1. The van der Waals surface area contributed by atoms with Gasteiger partial charge in [0.15, 0.2) is 5.82 Å². The van der Waals surface area contributed by atoms with Gasteiger partial charge in [-0.05, 0) is 43.2 Å². The normalized spacial score (nSPS) is 18.4. The molecule has 1 aromatic carbocycles. The number of carbonyl (C=O) groups excluding carboxylic acids is 1. The van der Waals surface area contributed by atoms with E-state index in [4.69, 9.17) is 0 Å². The van der Waals surface area contributed by atoms with Crippen molar-refractivity contribution >= 4 is 5.91 Å². The molecule has 5 rings (SSSR count). The predicted octanol–water partition coefficient (Wildman–Crippen LogP) is 4.27. The Morgan fingerprint density at radius 3 is 2.29 bits per heavy atom. The summed E-state index contributed by atoms with van der Waals surface area (Å²) >= 11 is 0. The maximum atomic E-state index is 12.7. The molecule has 1 fully saturated rings. The first-order valence-electron chi connectivity index (χ1n) is 13.3. The molecule has 0 bridgehead atoms. The van der Waals surface area contributed by atoms with E-state index >= 15 is 0 Å². The van der Waals surface area contributed by atoms with Crippen molar-refractivity contribution in [1.82, 2.24) is 34.8 Å². The molecule has 1 atom stereocenters. The van der Waals surface area contributed by atoms with Gasteiger partial charge in [-0.15, -0.1) is 0 Å². The third-order valence-corrected chi connectivity index (χ3v) is 7.52. The van der Waals surface area contributed by atoms with Gasteiger partial charge < -0.3 is 10.4 Å². The van der Waals surface area contributed by atoms with Crippen LogP contribution < -0.4 is 5.32 Å². The average molecular weight is 514 g/mol. The minimum atomic E-state index is -0.187. The predicted molar refractivity (Wildman–Crippen MR) is 146 cm³/mol. The highest BCUT2D eigenvalue weighted by Crippen LogP contribution is 2.33. The highest BCUT2D eigenvalue weighted by atomic mass is 16.3. The number of aromatic nitrogens is 6. The Morgan fingerprint density at radius 1 is 0.947 bits per heavy atom. The van der Waals surface area contributed by atoms with Gasteiger partial charge in [0.1, 0.15) is 0 Å². The number of hydrogen-bond donors (Lipinski definition) is 2. The van der Waals surface area contributed by atoms with E-state index in [-0.39, 0.29) is 36.4 Å². The number of hydrogen-bond acceptors (Lipinski definition) is 6. The third-order valence-electron chi connectivity index (χ3n) is 7.52. The van der Waals surface area contributed by atoms with Gasteiger partial charge in [0, 0.05) is 60.0 Å². The Morgan fingerprint density at radius 2 is 1.63 bits per heavy atom. The lowest BCUT2D eigenvalue weighted by Gasteiger charge is -2.30. The Bertz CT molecular complexity index is 1370. The number of carbonyl (C=O) groups is 1. The lowest BCUT2D eigenvalue weighted by atomic mass is 9.85. The maximum absolute atomic E-state index is 12.7. The summed E-state index contributed by atoms with van der Waals surface area (Å²) in [4.78, 5) is 21.9. The summed E-state index contributed by atoms with van der Waals surface area (Å²) in [6, 6.07) is 8.23. The van der Waals surface area contributed by atoms with Crippen molar-refractivity contribution < 1.29 is 9.90 Å². The molecule has 0 unspecified atom stereocenters. The molecule has 9 nitrogen and oxygen atoms in total. The summed E-state index contributed by atoms with van der Waals surface area (Å²) in [7, 11) is 1.91. The van der Waals surface area contributed by atoms with Crippen LogP contribution in [0.2, 0.25) is 0 Å². The molecule has 9 heteroatoms. The van der Waals surface area contributed by atoms with Crippen LogP contribution in [0.5, 0.6) is 0 Å². The molecule has 1 aliphatic rings. The van der Waals surface area contributed by atoms with Crippen LogP contribution in [0.1, 0.15) is 45.6 Å². The second kappa shape index (κ2) is 11.3. The van der Waals surface area contributed by atoms with E-state index in [9.17, 15) is 9.90 Å². The monoisotopic (exact) mass is 513 g/mol. The van der Waals surface area contributed by atoms with Gasteiger partial charge in [-0.2, -0.15) is 10.2 Å². The first-order chi connectivity index (χ1) is 18.4. The fourth-order valence-electron chi connectivity index (χ4n) is 5.05. The van der Waals surface area contributed by atoms with Crippen molar-refractivity contribution in [3.8, 4) is 33.6 Å². The Kier molecular flexibility index (Phi) is 7.64. The molecule has 198 valence electrons. The van der Waals surface area contributed by atoms with Crippen LogP contribution in [0.15, 0.2) is 61.4 Å². The van der Waals surface area contributed by atoms with Crippen LogP contribution in [0.25, 0.3) is 33.6 Å². The van der Waals surface area contributed by atoms with Gasteiger partial charge in [0.25, 0.3) is 0 Å². The van der Waals surface area contributed by atoms with Crippen molar-refractivity contribution in [3.05, 3.63) is 61.4 Å². The molecular formula is C29H35N7O2. The molecule has 0 aliphatic heterocycles. The minimum Gasteiger partial charge on any atom is -0.394 e. The van der Waals surface area contributed by atoms with Crippen molar-refractivity contribution in [2.75, 3.05) is 6.61 Å². The largest absolute Gasteiger partial charge is 0.394 e. The molecule has 1 amide bonds. The molecule has 2 N–H and O–H groups in total. The number of nitrogens with one attached hydrogen (secondary N) is 1. The first kappa shape index (κ1) is 25.8. The lowest BCUT2D eigenvalue weighted by Crippen LogP contribution is -2.44. The van der Waals surface area contributed by atoms with Crippen LogP contribution in [-0.4, -0.2) is 53.2 Å². The molecule has 3 heterocycles. The quantitative estimate of drug-likeness (QED) is 0.364. The highest BCUT2D eigenvalue weighted by molar-refractivity contribution is 5.79. The van der Waals surface area contributed by atoms with Gasteiger partial charge in [-0.3, -0.25) is 14.2 Å². The van der Waals surface area contributed by atoms with E-state index in [1.165, 1.54) is 0 Å². The van der Waals surface area contributed by atoms with E-state index in [0.29, 0.717) is 5.82 Å². The first-order valence-corrected chi connectivity index (χ1v) is 13.3. The molecule has 38 heavy (non-hydrogen) atoms.